The number of aryl methyl sites for hydroxylation is 2. The molecule has 33 heavy (non-hydrogen) atoms. The average Bonchev–Trinajstić information content (AvgIpc) is 2.65. The number of carbonyl (C=O) groups is 3. The molecule has 0 aliphatic heterocycles. The van der Waals surface area contributed by atoms with E-state index in [9.17, 15) is 14.4 Å². The Labute approximate surface area is 199 Å². The maximum atomic E-state index is 13.5. The first-order valence-electron chi connectivity index (χ1n) is 11.9. The van der Waals surface area contributed by atoms with Crippen molar-refractivity contribution in [3.63, 3.8) is 0 Å². The van der Waals surface area contributed by atoms with Crippen molar-refractivity contribution in [2.45, 2.75) is 105 Å². The summed E-state index contributed by atoms with van der Waals surface area (Å²) in [5.41, 5.74) is 2.12. The van der Waals surface area contributed by atoms with E-state index in [1.54, 1.807) is 32.6 Å². The number of hydrogen-bond donors (Lipinski definition) is 2. The second kappa shape index (κ2) is 12.6. The summed E-state index contributed by atoms with van der Waals surface area (Å²) in [6.45, 7) is 17.3. The van der Waals surface area contributed by atoms with Gasteiger partial charge in [-0.3, -0.25) is 9.59 Å². The van der Waals surface area contributed by atoms with E-state index >= 15 is 0 Å². The molecule has 7 heteroatoms. The Morgan fingerprint density at radius 2 is 1.58 bits per heavy atom. The lowest BCUT2D eigenvalue weighted by Crippen LogP contribution is -2.54. The van der Waals surface area contributed by atoms with Crippen LogP contribution in [0.15, 0.2) is 18.2 Å². The van der Waals surface area contributed by atoms with Crippen LogP contribution in [0.3, 0.4) is 0 Å². The lowest BCUT2D eigenvalue weighted by atomic mass is 9.97. The van der Waals surface area contributed by atoms with Gasteiger partial charge in [-0.2, -0.15) is 0 Å². The summed E-state index contributed by atoms with van der Waals surface area (Å²) in [6, 6.07) is 3.99. The van der Waals surface area contributed by atoms with Gasteiger partial charge in [0.2, 0.25) is 11.8 Å². The topological polar surface area (TPSA) is 87.7 Å². The number of amides is 3. The molecule has 186 valence electrons. The van der Waals surface area contributed by atoms with Crippen molar-refractivity contribution in [1.29, 1.82) is 0 Å². The zero-order valence-corrected chi connectivity index (χ0v) is 21.9. The summed E-state index contributed by atoms with van der Waals surface area (Å²) in [6.07, 6.45) is 2.30. The molecule has 0 aliphatic carbocycles. The van der Waals surface area contributed by atoms with Gasteiger partial charge in [0, 0.05) is 12.6 Å². The second-order valence-electron chi connectivity index (χ2n) is 10.0. The molecular formula is C26H43N3O4. The molecule has 1 aromatic carbocycles. The first kappa shape index (κ1) is 28.5. The van der Waals surface area contributed by atoms with Gasteiger partial charge < -0.3 is 20.3 Å². The lowest BCUT2D eigenvalue weighted by Gasteiger charge is -2.36. The van der Waals surface area contributed by atoms with E-state index in [2.05, 4.69) is 17.6 Å². The van der Waals surface area contributed by atoms with Gasteiger partial charge in [0.15, 0.2) is 0 Å². The third-order valence-electron chi connectivity index (χ3n) is 5.08. The Morgan fingerprint density at radius 3 is 2.06 bits per heavy atom. The molecule has 7 nitrogen and oxygen atoms in total. The molecule has 0 heterocycles. The minimum absolute atomic E-state index is 0.220. The molecule has 2 unspecified atom stereocenters. The van der Waals surface area contributed by atoms with Crippen molar-refractivity contribution in [3.05, 3.63) is 34.9 Å². The van der Waals surface area contributed by atoms with Gasteiger partial charge in [0.25, 0.3) is 0 Å². The number of nitrogens with one attached hydrogen (secondary N) is 2. The summed E-state index contributed by atoms with van der Waals surface area (Å²) in [7, 11) is 0. The SMILES string of the molecule is CCCCCNC(=O)C(c1cc(C)cc(C)c1)N(C(=O)C(C)NC(=O)OC(C)(C)C)C(C)C. The van der Waals surface area contributed by atoms with Gasteiger partial charge >= 0.3 is 6.09 Å². The van der Waals surface area contributed by atoms with Crippen molar-refractivity contribution in [3.8, 4) is 0 Å². The molecule has 0 fully saturated rings. The van der Waals surface area contributed by atoms with Gasteiger partial charge in [-0.1, -0.05) is 49.1 Å². The highest BCUT2D eigenvalue weighted by atomic mass is 16.6. The number of rotatable bonds is 10. The van der Waals surface area contributed by atoms with E-state index in [4.69, 9.17) is 4.74 Å². The molecule has 0 radical (unpaired) electrons. The van der Waals surface area contributed by atoms with Crippen LogP contribution in [-0.2, 0) is 14.3 Å². The summed E-state index contributed by atoms with van der Waals surface area (Å²) in [5.74, 6) is -0.564. The van der Waals surface area contributed by atoms with E-state index in [-0.39, 0.29) is 17.9 Å². The van der Waals surface area contributed by atoms with E-state index in [1.807, 2.05) is 45.9 Å². The Balaban J connectivity index is 3.27. The fraction of sp³-hybridized carbons (Fsp3) is 0.654. The van der Waals surface area contributed by atoms with Crippen molar-refractivity contribution < 1.29 is 19.1 Å². The number of alkyl carbamates (subject to hydrolysis) is 1. The molecule has 0 bridgehead atoms. The number of benzene rings is 1. The molecule has 0 saturated carbocycles. The Kier molecular flexibility index (Phi) is 10.9. The van der Waals surface area contributed by atoms with Crippen LogP contribution in [-0.4, -0.2) is 47.0 Å². The number of carbonyl (C=O) groups excluding carboxylic acids is 3. The Morgan fingerprint density at radius 1 is 1.00 bits per heavy atom. The van der Waals surface area contributed by atoms with Crippen LogP contribution < -0.4 is 10.6 Å². The fourth-order valence-corrected chi connectivity index (χ4v) is 3.74. The second-order valence-corrected chi connectivity index (χ2v) is 10.0. The summed E-state index contributed by atoms with van der Waals surface area (Å²) >= 11 is 0. The predicted octanol–water partition coefficient (Wildman–Crippen LogP) is 4.80. The summed E-state index contributed by atoms with van der Waals surface area (Å²) in [4.78, 5) is 40.7. The van der Waals surface area contributed by atoms with Crippen LogP contribution in [0.2, 0.25) is 0 Å². The smallest absolute Gasteiger partial charge is 0.408 e. The summed E-state index contributed by atoms with van der Waals surface area (Å²) in [5, 5.41) is 5.63. The zero-order chi connectivity index (χ0) is 25.3. The van der Waals surface area contributed by atoms with E-state index < -0.39 is 23.8 Å². The van der Waals surface area contributed by atoms with Gasteiger partial charge in [0.1, 0.15) is 17.7 Å². The standard InChI is InChI=1S/C26H43N3O4/c1-10-11-12-13-27-23(30)22(21-15-18(4)14-19(5)16-21)29(17(2)3)24(31)20(6)28-25(32)33-26(7,8)9/h14-17,20,22H,10-13H2,1-9H3,(H,27,30)(H,28,32). The molecule has 0 aliphatic rings. The molecule has 0 spiro atoms. The first-order chi connectivity index (χ1) is 15.3. The summed E-state index contributed by atoms with van der Waals surface area (Å²) < 4.78 is 5.30. The molecule has 0 saturated heterocycles. The highest BCUT2D eigenvalue weighted by Crippen LogP contribution is 2.27. The zero-order valence-electron chi connectivity index (χ0n) is 21.9. The highest BCUT2D eigenvalue weighted by Gasteiger charge is 2.36. The largest absolute Gasteiger partial charge is 0.444 e. The van der Waals surface area contributed by atoms with Gasteiger partial charge in [-0.15, -0.1) is 0 Å². The number of unbranched alkanes of at least 4 members (excludes halogenated alkanes) is 2. The maximum absolute atomic E-state index is 13.5. The van der Waals surface area contributed by atoms with Gasteiger partial charge in [-0.05, 0) is 67.4 Å². The quantitative estimate of drug-likeness (QED) is 0.490. The van der Waals surface area contributed by atoms with Crippen molar-refractivity contribution in [2.75, 3.05) is 6.54 Å². The van der Waals surface area contributed by atoms with E-state index in [0.29, 0.717) is 6.54 Å². The monoisotopic (exact) mass is 461 g/mol. The number of hydrogen-bond acceptors (Lipinski definition) is 4. The minimum atomic E-state index is -0.858. The highest BCUT2D eigenvalue weighted by molar-refractivity contribution is 5.92. The Bertz CT molecular complexity index is 794. The van der Waals surface area contributed by atoms with Crippen LogP contribution in [0.4, 0.5) is 4.79 Å². The molecule has 2 atom stereocenters. The predicted molar refractivity (Wildman–Crippen MR) is 132 cm³/mol. The normalized spacial score (nSPS) is 13.3. The van der Waals surface area contributed by atoms with Crippen LogP contribution in [0.5, 0.6) is 0 Å². The van der Waals surface area contributed by atoms with Crippen molar-refractivity contribution >= 4 is 17.9 Å². The molecule has 0 aromatic heterocycles. The lowest BCUT2D eigenvalue weighted by molar-refractivity contribution is -0.144. The Hall–Kier alpha value is -2.57. The third kappa shape index (κ3) is 9.44. The van der Waals surface area contributed by atoms with Crippen LogP contribution in [0.1, 0.15) is 90.5 Å². The minimum Gasteiger partial charge on any atom is -0.444 e. The van der Waals surface area contributed by atoms with Gasteiger partial charge in [0.05, 0.1) is 0 Å². The van der Waals surface area contributed by atoms with E-state index in [0.717, 1.165) is 36.0 Å². The van der Waals surface area contributed by atoms with Crippen LogP contribution in [0.25, 0.3) is 0 Å². The number of ether oxygens (including phenoxy) is 1. The van der Waals surface area contributed by atoms with Crippen molar-refractivity contribution in [2.24, 2.45) is 0 Å². The molecule has 1 aromatic rings. The van der Waals surface area contributed by atoms with E-state index in [1.165, 1.54) is 0 Å². The van der Waals surface area contributed by atoms with Crippen LogP contribution >= 0.6 is 0 Å². The maximum Gasteiger partial charge on any atom is 0.408 e. The first-order valence-corrected chi connectivity index (χ1v) is 11.9. The fourth-order valence-electron chi connectivity index (χ4n) is 3.74. The third-order valence-corrected chi connectivity index (χ3v) is 5.08. The van der Waals surface area contributed by atoms with Gasteiger partial charge in [-0.25, -0.2) is 4.79 Å². The number of nitrogens with zero attached hydrogens (tertiary/aromatic N) is 1. The average molecular weight is 462 g/mol. The molecule has 1 rings (SSSR count). The van der Waals surface area contributed by atoms with Crippen molar-refractivity contribution in [1.82, 2.24) is 15.5 Å². The molecule has 2 N–H and O–H groups in total. The van der Waals surface area contributed by atoms with Crippen LogP contribution in [0, 0.1) is 13.8 Å². The molecular weight excluding hydrogens is 418 g/mol. The molecule has 3 amide bonds.